The number of aryl methyl sites for hydroxylation is 2. The van der Waals surface area contributed by atoms with Gasteiger partial charge in [-0.05, 0) is 32.0 Å². The lowest BCUT2D eigenvalue weighted by atomic mass is 10.1. The van der Waals surface area contributed by atoms with Crippen molar-refractivity contribution in [3.05, 3.63) is 46.9 Å². The van der Waals surface area contributed by atoms with E-state index in [1.165, 1.54) is 0 Å². The molecule has 2 N–H and O–H groups in total. The molecule has 2 aromatic heterocycles. The summed E-state index contributed by atoms with van der Waals surface area (Å²) in [5.41, 5.74) is 11.3. The topological polar surface area (TPSA) is 61.7 Å². The predicted octanol–water partition coefficient (Wildman–Crippen LogP) is 3.13. The van der Waals surface area contributed by atoms with Crippen LogP contribution >= 0.6 is 11.6 Å². The number of nitrogen functional groups attached to an aromatic ring is 1. The van der Waals surface area contributed by atoms with E-state index in [0.29, 0.717) is 10.7 Å². The quantitative estimate of drug-likeness (QED) is 0.791. The normalized spacial score (nSPS) is 11.0. The van der Waals surface area contributed by atoms with Crippen LogP contribution in [0.2, 0.25) is 5.02 Å². The molecule has 2 heterocycles. The summed E-state index contributed by atoms with van der Waals surface area (Å²) < 4.78 is 3.57. The Hall–Kier alpha value is -2.27. The molecule has 0 unspecified atom stereocenters. The molecule has 0 saturated heterocycles. The van der Waals surface area contributed by atoms with Gasteiger partial charge in [0.05, 0.1) is 23.3 Å². The standard InChI is InChI=1S/C15H16ClN5/c1-9-14(10(2)20(3)18-9)15-13(17)8-21(19-15)12-6-4-5-11(16)7-12/h4-8H,17H2,1-3H3. The number of anilines is 1. The Morgan fingerprint density at radius 3 is 2.57 bits per heavy atom. The first-order valence-corrected chi connectivity index (χ1v) is 6.97. The van der Waals surface area contributed by atoms with Crippen LogP contribution in [-0.4, -0.2) is 19.6 Å². The minimum absolute atomic E-state index is 0.620. The van der Waals surface area contributed by atoms with Crippen molar-refractivity contribution < 1.29 is 0 Å². The third-order valence-electron chi connectivity index (χ3n) is 3.56. The molecule has 0 fully saturated rings. The van der Waals surface area contributed by atoms with Crippen LogP contribution < -0.4 is 5.73 Å². The van der Waals surface area contributed by atoms with Gasteiger partial charge >= 0.3 is 0 Å². The van der Waals surface area contributed by atoms with Gasteiger partial charge in [0.2, 0.25) is 0 Å². The molecule has 0 spiro atoms. The van der Waals surface area contributed by atoms with Gasteiger partial charge in [-0.25, -0.2) is 4.68 Å². The first kappa shape index (κ1) is 13.7. The van der Waals surface area contributed by atoms with Crippen molar-refractivity contribution in [1.29, 1.82) is 0 Å². The van der Waals surface area contributed by atoms with E-state index in [2.05, 4.69) is 10.2 Å². The molecule has 0 aliphatic heterocycles. The summed E-state index contributed by atoms with van der Waals surface area (Å²) in [6, 6.07) is 7.50. The van der Waals surface area contributed by atoms with E-state index in [4.69, 9.17) is 17.3 Å². The molecule has 3 rings (SSSR count). The van der Waals surface area contributed by atoms with Crippen molar-refractivity contribution in [2.45, 2.75) is 13.8 Å². The SMILES string of the molecule is Cc1nn(C)c(C)c1-c1nn(-c2cccc(Cl)c2)cc1N. The third kappa shape index (κ3) is 2.29. The fourth-order valence-corrected chi connectivity index (χ4v) is 2.63. The Morgan fingerprint density at radius 1 is 1.19 bits per heavy atom. The Kier molecular flexibility index (Phi) is 3.22. The van der Waals surface area contributed by atoms with Crippen molar-refractivity contribution in [3.63, 3.8) is 0 Å². The molecule has 0 bridgehead atoms. The molecule has 0 atom stereocenters. The minimum atomic E-state index is 0.620. The molecule has 0 aliphatic rings. The van der Waals surface area contributed by atoms with E-state index in [9.17, 15) is 0 Å². The molecular weight excluding hydrogens is 286 g/mol. The summed E-state index contributed by atoms with van der Waals surface area (Å²) in [5, 5.41) is 9.68. The summed E-state index contributed by atoms with van der Waals surface area (Å²) in [7, 11) is 1.91. The van der Waals surface area contributed by atoms with Crippen LogP contribution in [0.3, 0.4) is 0 Å². The maximum absolute atomic E-state index is 6.14. The number of nitrogens with zero attached hydrogens (tertiary/aromatic N) is 4. The first-order chi connectivity index (χ1) is 9.97. The average molecular weight is 302 g/mol. The maximum atomic E-state index is 6.14. The molecule has 5 nitrogen and oxygen atoms in total. The monoisotopic (exact) mass is 301 g/mol. The highest BCUT2D eigenvalue weighted by Crippen LogP contribution is 2.30. The van der Waals surface area contributed by atoms with Crippen molar-refractivity contribution >= 4 is 17.3 Å². The first-order valence-electron chi connectivity index (χ1n) is 6.59. The zero-order chi connectivity index (χ0) is 15.1. The van der Waals surface area contributed by atoms with Gasteiger partial charge in [-0.1, -0.05) is 17.7 Å². The van der Waals surface area contributed by atoms with Gasteiger partial charge in [0, 0.05) is 23.3 Å². The van der Waals surface area contributed by atoms with E-state index in [-0.39, 0.29) is 0 Å². The number of benzene rings is 1. The Balaban J connectivity index is 2.14. The van der Waals surface area contributed by atoms with E-state index >= 15 is 0 Å². The van der Waals surface area contributed by atoms with E-state index in [1.54, 1.807) is 10.9 Å². The fourth-order valence-electron chi connectivity index (χ4n) is 2.45. The van der Waals surface area contributed by atoms with Crippen LogP contribution in [0.1, 0.15) is 11.4 Å². The van der Waals surface area contributed by atoms with Gasteiger partial charge in [0.15, 0.2) is 0 Å². The predicted molar refractivity (Wildman–Crippen MR) is 84.7 cm³/mol. The van der Waals surface area contributed by atoms with Crippen molar-refractivity contribution in [1.82, 2.24) is 19.6 Å². The smallest absolute Gasteiger partial charge is 0.119 e. The summed E-state index contributed by atoms with van der Waals surface area (Å²) >= 11 is 6.03. The second-order valence-electron chi connectivity index (χ2n) is 5.03. The average Bonchev–Trinajstić information content (AvgIpc) is 2.91. The van der Waals surface area contributed by atoms with Gasteiger partial charge in [-0.2, -0.15) is 10.2 Å². The lowest BCUT2D eigenvalue weighted by Gasteiger charge is -2.01. The maximum Gasteiger partial charge on any atom is 0.119 e. The second-order valence-corrected chi connectivity index (χ2v) is 5.46. The molecule has 6 heteroatoms. The van der Waals surface area contributed by atoms with Crippen LogP contribution in [0.4, 0.5) is 5.69 Å². The Morgan fingerprint density at radius 2 is 1.95 bits per heavy atom. The Labute approximate surface area is 127 Å². The second kappa shape index (κ2) is 4.93. The van der Waals surface area contributed by atoms with Gasteiger partial charge in [-0.3, -0.25) is 4.68 Å². The fraction of sp³-hybridized carbons (Fsp3) is 0.200. The Bertz CT molecular complexity index is 816. The van der Waals surface area contributed by atoms with Crippen molar-refractivity contribution in [2.75, 3.05) is 5.73 Å². The number of hydrogen-bond donors (Lipinski definition) is 1. The van der Waals surface area contributed by atoms with Crippen molar-refractivity contribution in [2.24, 2.45) is 7.05 Å². The zero-order valence-corrected chi connectivity index (χ0v) is 12.9. The van der Waals surface area contributed by atoms with Crippen LogP contribution in [0.25, 0.3) is 16.9 Å². The molecule has 0 aliphatic carbocycles. The number of hydrogen-bond acceptors (Lipinski definition) is 3. The molecule has 0 saturated carbocycles. The zero-order valence-electron chi connectivity index (χ0n) is 12.1. The van der Waals surface area contributed by atoms with Crippen molar-refractivity contribution in [3.8, 4) is 16.9 Å². The number of halogens is 1. The highest BCUT2D eigenvalue weighted by atomic mass is 35.5. The highest BCUT2D eigenvalue weighted by molar-refractivity contribution is 6.30. The summed E-state index contributed by atoms with van der Waals surface area (Å²) in [4.78, 5) is 0. The largest absolute Gasteiger partial charge is 0.396 e. The molecule has 108 valence electrons. The molecule has 3 aromatic rings. The molecule has 0 amide bonds. The van der Waals surface area contributed by atoms with Crippen LogP contribution in [-0.2, 0) is 7.05 Å². The van der Waals surface area contributed by atoms with Gasteiger partial charge in [-0.15, -0.1) is 0 Å². The van der Waals surface area contributed by atoms with Gasteiger partial charge in [0.25, 0.3) is 0 Å². The lowest BCUT2D eigenvalue weighted by molar-refractivity contribution is 0.731. The molecule has 1 aromatic carbocycles. The number of nitrogens with two attached hydrogens (primary N) is 1. The van der Waals surface area contributed by atoms with Crippen LogP contribution in [0.15, 0.2) is 30.5 Å². The highest BCUT2D eigenvalue weighted by Gasteiger charge is 2.18. The summed E-state index contributed by atoms with van der Waals surface area (Å²) in [5.74, 6) is 0. The number of rotatable bonds is 2. The minimum Gasteiger partial charge on any atom is -0.396 e. The van der Waals surface area contributed by atoms with Crippen LogP contribution in [0, 0.1) is 13.8 Å². The van der Waals surface area contributed by atoms with E-state index in [1.807, 2.05) is 49.8 Å². The lowest BCUT2D eigenvalue weighted by Crippen LogP contribution is -1.96. The van der Waals surface area contributed by atoms with E-state index < -0.39 is 0 Å². The molecule has 21 heavy (non-hydrogen) atoms. The third-order valence-corrected chi connectivity index (χ3v) is 3.80. The number of aromatic nitrogens is 4. The summed E-state index contributed by atoms with van der Waals surface area (Å²) in [6.45, 7) is 3.97. The van der Waals surface area contributed by atoms with Gasteiger partial charge in [0.1, 0.15) is 5.69 Å². The van der Waals surface area contributed by atoms with Crippen LogP contribution in [0.5, 0.6) is 0 Å². The molecule has 0 radical (unpaired) electrons. The summed E-state index contributed by atoms with van der Waals surface area (Å²) in [6.07, 6.45) is 1.80. The van der Waals surface area contributed by atoms with Gasteiger partial charge < -0.3 is 5.73 Å². The van der Waals surface area contributed by atoms with E-state index in [0.717, 1.165) is 28.3 Å². The molecular formula is C15H16ClN5.